The molecule has 0 amide bonds. The smallest absolute Gasteiger partial charge is 0.331 e. The van der Waals surface area contributed by atoms with Gasteiger partial charge < -0.3 is 24.8 Å². The zero-order chi connectivity index (χ0) is 42.0. The summed E-state index contributed by atoms with van der Waals surface area (Å²) >= 11 is 0. The molecule has 0 aromatic heterocycles. The number of aromatic hydroxyl groups is 3. The molecule has 58 heavy (non-hydrogen) atoms. The lowest BCUT2D eigenvalue weighted by molar-refractivity contribution is -0.143. The van der Waals surface area contributed by atoms with Crippen molar-refractivity contribution in [3.63, 3.8) is 0 Å². The monoisotopic (exact) mass is 790 g/mol. The van der Waals surface area contributed by atoms with E-state index in [1.807, 2.05) is 0 Å². The number of carbonyl (C=O) groups is 3. The fourth-order valence-electron chi connectivity index (χ4n) is 5.50. The maximum absolute atomic E-state index is 13.1. The number of rotatable bonds is 11. The molecule has 0 bridgehead atoms. The second-order valence-electron chi connectivity index (χ2n) is 12.5. The summed E-state index contributed by atoms with van der Waals surface area (Å²) in [6.07, 6.45) is 1.54. The van der Waals surface area contributed by atoms with Crippen LogP contribution in [0.2, 0.25) is 0 Å². The Morgan fingerprint density at radius 2 is 0.828 bits per heavy atom. The number of carbonyl (C=O) groups excluding carboxylic acids is 3. The first-order chi connectivity index (χ1) is 27.9. The Morgan fingerprint density at radius 3 is 1.24 bits per heavy atom. The molecule has 0 heterocycles. The molecule has 0 aliphatic heterocycles. The summed E-state index contributed by atoms with van der Waals surface area (Å²) < 4.78 is 48.7. The van der Waals surface area contributed by atoms with Crippen molar-refractivity contribution in [3.05, 3.63) is 203 Å². The third-order valence-corrected chi connectivity index (χ3v) is 8.36. The summed E-state index contributed by atoms with van der Waals surface area (Å²) in [5.74, 6) is -1.84. The number of phenols is 3. The van der Waals surface area contributed by atoms with Gasteiger partial charge >= 0.3 is 11.9 Å². The maximum atomic E-state index is 13.1. The van der Waals surface area contributed by atoms with Gasteiger partial charge in [-0.15, -0.1) is 0 Å². The molecule has 0 spiro atoms. The molecule has 6 aromatic carbocycles. The molecule has 6 rings (SSSR count). The Kier molecular flexibility index (Phi) is 16.4. The van der Waals surface area contributed by atoms with Gasteiger partial charge in [0.1, 0.15) is 34.7 Å². The third-order valence-electron chi connectivity index (χ3n) is 8.36. The summed E-state index contributed by atoms with van der Waals surface area (Å²) in [5, 5.41) is 27.8. The van der Waals surface area contributed by atoms with E-state index in [1.165, 1.54) is 91.0 Å². The van der Waals surface area contributed by atoms with Crippen molar-refractivity contribution in [2.24, 2.45) is 0 Å². The van der Waals surface area contributed by atoms with Gasteiger partial charge in [0.15, 0.2) is 5.78 Å². The van der Waals surface area contributed by atoms with Gasteiger partial charge in [0.2, 0.25) is 0 Å². The highest BCUT2D eigenvalue weighted by Gasteiger charge is 2.19. The number of halogens is 3. The third kappa shape index (κ3) is 13.6. The molecule has 0 saturated carbocycles. The van der Waals surface area contributed by atoms with Gasteiger partial charge in [-0.2, -0.15) is 0 Å². The van der Waals surface area contributed by atoms with Crippen LogP contribution in [0.3, 0.4) is 0 Å². The molecule has 298 valence electrons. The van der Waals surface area contributed by atoms with Crippen LogP contribution < -0.4 is 0 Å². The number of hydrogen-bond acceptors (Lipinski definition) is 8. The minimum atomic E-state index is -0.468. The SMILES string of the molecule is CCOC(=O)C=C(c1ccc(O)cc1)c1ccc(F)cc1.CCOC(=O)CC(c1ccc(O)cc1)c1ccc(F)cc1.O=C(c1ccc(O)cc1)c1ccc(F)cc1. The highest BCUT2D eigenvalue weighted by Crippen LogP contribution is 2.30. The summed E-state index contributed by atoms with van der Waals surface area (Å²) in [6, 6.07) is 36.2. The van der Waals surface area contributed by atoms with Gasteiger partial charge in [-0.1, -0.05) is 48.5 Å². The Morgan fingerprint density at radius 1 is 0.500 bits per heavy atom. The van der Waals surface area contributed by atoms with Gasteiger partial charge in [0.05, 0.1) is 19.6 Å². The van der Waals surface area contributed by atoms with E-state index in [1.54, 1.807) is 74.5 Å². The van der Waals surface area contributed by atoms with E-state index in [2.05, 4.69) is 0 Å². The predicted molar refractivity (Wildman–Crippen MR) is 214 cm³/mol. The number of ether oxygens (including phenoxy) is 2. The largest absolute Gasteiger partial charge is 0.508 e. The number of phenolic OH excluding ortho intramolecular Hbond substituents is 3. The molecule has 8 nitrogen and oxygen atoms in total. The summed E-state index contributed by atoms with van der Waals surface area (Å²) in [7, 11) is 0. The van der Waals surface area contributed by atoms with Crippen molar-refractivity contribution in [3.8, 4) is 17.2 Å². The molecule has 11 heteroatoms. The highest BCUT2D eigenvalue weighted by molar-refractivity contribution is 6.09. The first-order valence-corrected chi connectivity index (χ1v) is 18.1. The van der Waals surface area contributed by atoms with Crippen molar-refractivity contribution in [1.29, 1.82) is 0 Å². The Labute approximate surface area is 334 Å². The Hall–Kier alpha value is -7.14. The van der Waals surface area contributed by atoms with Crippen molar-refractivity contribution >= 4 is 23.3 Å². The molecule has 3 N–H and O–H groups in total. The van der Waals surface area contributed by atoms with Crippen LogP contribution >= 0.6 is 0 Å². The van der Waals surface area contributed by atoms with Crippen LogP contribution in [0, 0.1) is 17.5 Å². The highest BCUT2D eigenvalue weighted by atomic mass is 19.1. The minimum Gasteiger partial charge on any atom is -0.508 e. The quantitative estimate of drug-likeness (QED) is 0.0672. The normalized spacial score (nSPS) is 11.2. The second kappa shape index (κ2) is 21.8. The first-order valence-electron chi connectivity index (χ1n) is 18.1. The molecule has 0 aliphatic rings. The van der Waals surface area contributed by atoms with E-state index in [0.29, 0.717) is 28.9 Å². The van der Waals surface area contributed by atoms with Crippen molar-refractivity contribution < 1.29 is 52.3 Å². The van der Waals surface area contributed by atoms with E-state index in [9.17, 15) is 37.8 Å². The van der Waals surface area contributed by atoms with Gasteiger partial charge in [0, 0.05) is 23.1 Å². The van der Waals surface area contributed by atoms with E-state index >= 15 is 0 Å². The van der Waals surface area contributed by atoms with Crippen LogP contribution in [0.1, 0.15) is 64.4 Å². The first kappa shape index (κ1) is 43.6. The van der Waals surface area contributed by atoms with E-state index in [0.717, 1.165) is 16.7 Å². The minimum absolute atomic E-state index is 0.107. The lowest BCUT2D eigenvalue weighted by Crippen LogP contribution is -2.11. The van der Waals surface area contributed by atoms with Crippen molar-refractivity contribution in [1.82, 2.24) is 0 Å². The number of ketones is 1. The van der Waals surface area contributed by atoms with Gasteiger partial charge in [0.25, 0.3) is 0 Å². The predicted octanol–water partition coefficient (Wildman–Crippen LogP) is 9.90. The van der Waals surface area contributed by atoms with Gasteiger partial charge in [-0.05, 0) is 139 Å². The van der Waals surface area contributed by atoms with Crippen molar-refractivity contribution in [2.45, 2.75) is 26.2 Å². The van der Waals surface area contributed by atoms with Crippen molar-refractivity contribution in [2.75, 3.05) is 13.2 Å². The molecule has 0 aliphatic carbocycles. The number of hydrogen-bond donors (Lipinski definition) is 3. The van der Waals surface area contributed by atoms with Crippen LogP contribution in [-0.4, -0.2) is 46.3 Å². The van der Waals surface area contributed by atoms with Crippen LogP contribution in [0.15, 0.2) is 152 Å². The molecule has 1 unspecified atom stereocenters. The van der Waals surface area contributed by atoms with Gasteiger partial charge in [-0.25, -0.2) is 18.0 Å². The molecular weight excluding hydrogens is 750 g/mol. The standard InChI is InChI=1S/C17H17FO3.C17H15FO3.C13H9FO2/c2*1-2-21-17(20)11-16(12-3-7-14(18)8-4-12)13-5-9-15(19)10-6-13;14-11-5-1-9(2-6-11)13(16)10-3-7-12(15)8-4-10/h3-10,16,19H,2,11H2,1H3;3-11,19H,2H2,1H3;1-8,15H. The van der Waals surface area contributed by atoms with E-state index < -0.39 is 5.97 Å². The fourth-order valence-corrected chi connectivity index (χ4v) is 5.50. The average Bonchev–Trinajstić information content (AvgIpc) is 3.22. The Bertz CT molecular complexity index is 2110. The fraction of sp³-hybridized carbons (Fsp3) is 0.128. The van der Waals surface area contributed by atoms with E-state index in [-0.39, 0.29) is 65.4 Å². The lowest BCUT2D eigenvalue weighted by atomic mass is 9.88. The summed E-state index contributed by atoms with van der Waals surface area (Å²) in [5.41, 5.74) is 4.61. The Balaban J connectivity index is 0.000000194. The zero-order valence-corrected chi connectivity index (χ0v) is 31.6. The molecule has 1 atom stereocenters. The average molecular weight is 791 g/mol. The topological polar surface area (TPSA) is 130 Å². The molecule has 0 fully saturated rings. The zero-order valence-electron chi connectivity index (χ0n) is 31.6. The molecule has 6 aromatic rings. The second-order valence-corrected chi connectivity index (χ2v) is 12.5. The molecule has 0 radical (unpaired) electrons. The maximum Gasteiger partial charge on any atom is 0.331 e. The summed E-state index contributed by atoms with van der Waals surface area (Å²) in [4.78, 5) is 35.4. The van der Waals surface area contributed by atoms with Gasteiger partial charge in [-0.3, -0.25) is 9.59 Å². The van der Waals surface area contributed by atoms with Crippen LogP contribution in [0.4, 0.5) is 13.2 Å². The van der Waals surface area contributed by atoms with Crippen LogP contribution in [0.25, 0.3) is 5.57 Å². The van der Waals surface area contributed by atoms with Crippen LogP contribution in [0.5, 0.6) is 17.2 Å². The van der Waals surface area contributed by atoms with Crippen LogP contribution in [-0.2, 0) is 19.1 Å². The number of benzene rings is 6. The van der Waals surface area contributed by atoms with E-state index in [4.69, 9.17) is 14.6 Å². The number of esters is 2. The molecular formula is C47H41F3O8. The molecule has 0 saturated heterocycles. The summed E-state index contributed by atoms with van der Waals surface area (Å²) in [6.45, 7) is 4.08. The lowest BCUT2D eigenvalue weighted by Gasteiger charge is -2.17.